The van der Waals surface area contributed by atoms with Crippen molar-refractivity contribution in [2.24, 2.45) is 0 Å². The Morgan fingerprint density at radius 2 is 1.60 bits per heavy atom. The number of benzene rings is 2. The molecule has 2 heteroatoms. The Labute approximate surface area is 121 Å². The van der Waals surface area contributed by atoms with Gasteiger partial charge in [-0.2, -0.15) is 0 Å². The summed E-state index contributed by atoms with van der Waals surface area (Å²) >= 11 is 0. The molecule has 0 saturated carbocycles. The lowest BCUT2D eigenvalue weighted by atomic mass is 10.1. The van der Waals surface area contributed by atoms with E-state index < -0.39 is 0 Å². The minimum atomic E-state index is 0.0705. The normalized spacial score (nSPS) is 11.6. The minimum absolute atomic E-state index is 0.0705. The molecule has 0 fully saturated rings. The lowest BCUT2D eigenvalue weighted by molar-refractivity contribution is 0.360. The molecule has 0 N–H and O–H groups in total. The fraction of sp³-hybridized carbons (Fsp3) is 0.222. The van der Waals surface area contributed by atoms with Crippen LogP contribution in [-0.2, 0) is 0 Å². The molecular weight excluding hydrogens is 246 g/mol. The van der Waals surface area contributed by atoms with Gasteiger partial charge in [0, 0.05) is 5.56 Å². The van der Waals surface area contributed by atoms with Crippen molar-refractivity contribution < 1.29 is 4.74 Å². The summed E-state index contributed by atoms with van der Waals surface area (Å²) in [5.41, 5.74) is 2.20. The van der Waals surface area contributed by atoms with Gasteiger partial charge >= 0.3 is 0 Å². The zero-order valence-corrected chi connectivity index (χ0v) is 12.1. The third-order valence-corrected chi connectivity index (χ3v) is 3.07. The second kappa shape index (κ2) is 6.79. The maximum absolute atomic E-state index is 5.19. The minimum Gasteiger partial charge on any atom is -0.497 e. The van der Waals surface area contributed by atoms with E-state index in [1.54, 1.807) is 7.11 Å². The smallest absolute Gasteiger partial charge is 0.118 e. The second-order valence-electron chi connectivity index (χ2n) is 4.77. The van der Waals surface area contributed by atoms with Crippen LogP contribution in [0.3, 0.4) is 0 Å². The van der Waals surface area contributed by atoms with Gasteiger partial charge in [0.2, 0.25) is 0 Å². The van der Waals surface area contributed by atoms with Crippen LogP contribution in [0.5, 0.6) is 5.75 Å². The molecule has 1 atom stereocenters. The number of hydrogen-bond donors (Lipinski definition) is 0. The number of ether oxygens (including phenoxy) is 1. The molecule has 0 radical (unpaired) electrons. The van der Waals surface area contributed by atoms with Crippen molar-refractivity contribution in [1.82, 2.24) is 4.90 Å². The van der Waals surface area contributed by atoms with Crippen molar-refractivity contribution in [2.45, 2.75) is 6.04 Å². The highest BCUT2D eigenvalue weighted by molar-refractivity contribution is 5.38. The Balaban J connectivity index is 2.25. The predicted molar refractivity (Wildman–Crippen MR) is 82.7 cm³/mol. The van der Waals surface area contributed by atoms with E-state index in [1.807, 2.05) is 56.6 Å². The van der Waals surface area contributed by atoms with Crippen LogP contribution in [0.15, 0.2) is 54.6 Å². The lowest BCUT2D eigenvalue weighted by Gasteiger charge is -2.19. The highest BCUT2D eigenvalue weighted by Gasteiger charge is 2.10. The van der Waals surface area contributed by atoms with Crippen LogP contribution >= 0.6 is 0 Å². The Morgan fingerprint density at radius 1 is 0.950 bits per heavy atom. The van der Waals surface area contributed by atoms with Crippen molar-refractivity contribution in [3.8, 4) is 17.6 Å². The van der Waals surface area contributed by atoms with E-state index in [1.165, 1.54) is 5.56 Å². The first-order chi connectivity index (χ1) is 9.70. The quantitative estimate of drug-likeness (QED) is 0.789. The van der Waals surface area contributed by atoms with E-state index in [9.17, 15) is 0 Å². The number of rotatable bonds is 3. The highest BCUT2D eigenvalue weighted by Crippen LogP contribution is 2.20. The Morgan fingerprint density at radius 3 is 2.15 bits per heavy atom. The lowest BCUT2D eigenvalue weighted by Crippen LogP contribution is -2.18. The van der Waals surface area contributed by atoms with E-state index in [0.717, 1.165) is 11.3 Å². The summed E-state index contributed by atoms with van der Waals surface area (Å²) in [5.74, 6) is 7.42. The average Bonchev–Trinajstić information content (AvgIpc) is 2.49. The summed E-state index contributed by atoms with van der Waals surface area (Å²) in [6, 6.07) is 18.2. The molecule has 1 unspecified atom stereocenters. The molecule has 2 rings (SSSR count). The molecule has 0 saturated heterocycles. The molecule has 0 bridgehead atoms. The van der Waals surface area contributed by atoms with Gasteiger partial charge in [-0.25, -0.2) is 0 Å². The molecule has 2 nitrogen and oxygen atoms in total. The third kappa shape index (κ3) is 3.63. The SMILES string of the molecule is COc1ccc(C(C#Cc2ccccc2)N(C)C)cc1. The predicted octanol–water partition coefficient (Wildman–Crippen LogP) is 3.35. The Bertz CT molecular complexity index is 591. The monoisotopic (exact) mass is 265 g/mol. The van der Waals surface area contributed by atoms with Crippen molar-refractivity contribution >= 4 is 0 Å². The molecule has 0 aliphatic rings. The van der Waals surface area contributed by atoms with Gasteiger partial charge in [-0.3, -0.25) is 4.90 Å². The summed E-state index contributed by atoms with van der Waals surface area (Å²) in [6.07, 6.45) is 0. The van der Waals surface area contributed by atoms with E-state index in [2.05, 4.69) is 28.9 Å². The van der Waals surface area contributed by atoms with Crippen molar-refractivity contribution in [1.29, 1.82) is 0 Å². The van der Waals surface area contributed by atoms with Gasteiger partial charge in [-0.1, -0.05) is 42.2 Å². The first-order valence-corrected chi connectivity index (χ1v) is 6.57. The van der Waals surface area contributed by atoms with Gasteiger partial charge in [0.25, 0.3) is 0 Å². The summed E-state index contributed by atoms with van der Waals surface area (Å²) in [6.45, 7) is 0. The number of hydrogen-bond acceptors (Lipinski definition) is 2. The standard InChI is InChI=1S/C18H19NO/c1-19(2)18(14-9-15-7-5-4-6-8-15)16-10-12-17(20-3)13-11-16/h4-8,10-13,18H,1-3H3. The molecule has 0 amide bonds. The van der Waals surface area contributed by atoms with E-state index in [0.29, 0.717) is 0 Å². The van der Waals surface area contributed by atoms with Gasteiger partial charge in [0.15, 0.2) is 0 Å². The third-order valence-electron chi connectivity index (χ3n) is 3.07. The second-order valence-corrected chi connectivity index (χ2v) is 4.77. The molecular formula is C18H19NO. The molecule has 0 aromatic heterocycles. The summed E-state index contributed by atoms with van der Waals surface area (Å²) in [7, 11) is 5.75. The molecule has 102 valence electrons. The van der Waals surface area contributed by atoms with E-state index >= 15 is 0 Å². The van der Waals surface area contributed by atoms with E-state index in [4.69, 9.17) is 4.74 Å². The molecule has 20 heavy (non-hydrogen) atoms. The largest absolute Gasteiger partial charge is 0.497 e. The van der Waals surface area contributed by atoms with Crippen molar-refractivity contribution in [3.63, 3.8) is 0 Å². The van der Waals surface area contributed by atoms with Crippen LogP contribution in [0.1, 0.15) is 17.2 Å². The van der Waals surface area contributed by atoms with Crippen LogP contribution < -0.4 is 4.74 Å². The van der Waals surface area contributed by atoms with Gasteiger partial charge < -0.3 is 4.74 Å². The van der Waals surface area contributed by atoms with Crippen molar-refractivity contribution in [2.75, 3.05) is 21.2 Å². The van der Waals surface area contributed by atoms with Gasteiger partial charge in [-0.15, -0.1) is 0 Å². The van der Waals surface area contributed by atoms with Crippen LogP contribution in [0.25, 0.3) is 0 Å². The van der Waals surface area contributed by atoms with Crippen LogP contribution in [-0.4, -0.2) is 26.1 Å². The summed E-state index contributed by atoms with van der Waals surface area (Å²) in [5, 5.41) is 0. The first-order valence-electron chi connectivity index (χ1n) is 6.57. The molecule has 0 heterocycles. The molecule has 0 aliphatic heterocycles. The zero-order chi connectivity index (χ0) is 14.4. The van der Waals surface area contributed by atoms with Crippen LogP contribution in [0.4, 0.5) is 0 Å². The van der Waals surface area contributed by atoms with Crippen molar-refractivity contribution in [3.05, 3.63) is 65.7 Å². The maximum Gasteiger partial charge on any atom is 0.118 e. The average molecular weight is 265 g/mol. The Kier molecular flexibility index (Phi) is 4.81. The van der Waals surface area contributed by atoms with Gasteiger partial charge in [0.1, 0.15) is 5.75 Å². The first kappa shape index (κ1) is 14.2. The number of methoxy groups -OCH3 is 1. The summed E-state index contributed by atoms with van der Waals surface area (Å²) in [4.78, 5) is 2.11. The molecule has 2 aromatic carbocycles. The fourth-order valence-electron chi connectivity index (χ4n) is 1.97. The highest BCUT2D eigenvalue weighted by atomic mass is 16.5. The maximum atomic E-state index is 5.19. The zero-order valence-electron chi connectivity index (χ0n) is 12.1. The van der Waals surface area contributed by atoms with E-state index in [-0.39, 0.29) is 6.04 Å². The van der Waals surface area contributed by atoms with Crippen LogP contribution in [0.2, 0.25) is 0 Å². The van der Waals surface area contributed by atoms with Gasteiger partial charge in [-0.05, 0) is 43.9 Å². The van der Waals surface area contributed by atoms with Gasteiger partial charge in [0.05, 0.1) is 13.2 Å². The Hall–Kier alpha value is -2.24. The molecule has 0 spiro atoms. The fourth-order valence-corrected chi connectivity index (χ4v) is 1.97. The molecule has 0 aliphatic carbocycles. The summed E-state index contributed by atoms with van der Waals surface area (Å²) < 4.78 is 5.19. The van der Waals surface area contributed by atoms with Crippen LogP contribution in [0, 0.1) is 11.8 Å². The molecule has 2 aromatic rings. The topological polar surface area (TPSA) is 12.5 Å². The number of nitrogens with zero attached hydrogens (tertiary/aromatic N) is 1.